The van der Waals surface area contributed by atoms with E-state index in [9.17, 15) is 48.7 Å². The second-order valence-corrected chi connectivity index (χ2v) is 3.27. The molecule has 0 aliphatic rings. The van der Waals surface area contributed by atoms with E-state index in [0.29, 0.717) is 0 Å². The summed E-state index contributed by atoms with van der Waals surface area (Å²) in [6.07, 6.45) is -23.9. The van der Waals surface area contributed by atoms with Gasteiger partial charge < -0.3 is 9.84 Å². The molecule has 14 heteroatoms. The van der Waals surface area contributed by atoms with Gasteiger partial charge in [0.05, 0.1) is 0 Å². The zero-order valence-corrected chi connectivity index (χ0v) is 9.24. The van der Waals surface area contributed by atoms with Crippen LogP contribution in [0.5, 0.6) is 0 Å². The summed E-state index contributed by atoms with van der Waals surface area (Å²) < 4.78 is 127. The summed E-state index contributed by atoms with van der Waals surface area (Å²) in [6.45, 7) is -1.96. The predicted octanol–water partition coefficient (Wildman–Crippen LogP) is 2.78. The van der Waals surface area contributed by atoms with E-state index in [1.807, 2.05) is 0 Å². The van der Waals surface area contributed by atoms with E-state index >= 15 is 0 Å². The predicted molar refractivity (Wildman–Crippen MR) is 40.5 cm³/mol. The lowest BCUT2D eigenvalue weighted by Crippen LogP contribution is -2.56. The average Bonchev–Trinajstić information content (AvgIpc) is 2.24. The first kappa shape index (κ1) is 19.7. The molecule has 0 aromatic carbocycles. The van der Waals surface area contributed by atoms with Gasteiger partial charge in [0.25, 0.3) is 6.36 Å². The Morgan fingerprint density at radius 3 is 1.76 bits per heavy atom. The average molecular weight is 342 g/mol. The minimum atomic E-state index is -6.98. The van der Waals surface area contributed by atoms with Crippen molar-refractivity contribution >= 4 is 5.97 Å². The maximum Gasteiger partial charge on any atom is 0.462 e. The van der Waals surface area contributed by atoms with E-state index in [1.165, 1.54) is 0 Å². The Hall–Kier alpha value is -1.31. The molecule has 0 bridgehead atoms. The van der Waals surface area contributed by atoms with Crippen molar-refractivity contribution in [2.75, 3.05) is 6.61 Å². The molecule has 0 amide bonds. The van der Waals surface area contributed by atoms with Gasteiger partial charge in [-0.25, -0.2) is 9.18 Å². The van der Waals surface area contributed by atoms with Crippen molar-refractivity contribution < 1.29 is 63.3 Å². The molecule has 0 spiro atoms. The molecule has 4 nitrogen and oxygen atoms in total. The molecule has 0 radical (unpaired) electrons. The molecule has 0 aliphatic carbocycles. The Kier molecular flexibility index (Phi) is 5.46. The topological polar surface area (TPSA) is 55.8 Å². The van der Waals surface area contributed by atoms with Crippen LogP contribution in [0.1, 0.15) is 0 Å². The molecule has 0 saturated heterocycles. The number of rotatable bonds is 7. The lowest BCUT2D eigenvalue weighted by Gasteiger charge is -2.30. The van der Waals surface area contributed by atoms with Gasteiger partial charge in [0.15, 0.2) is 6.61 Å². The van der Waals surface area contributed by atoms with Gasteiger partial charge in [0.1, 0.15) is 0 Å². The van der Waals surface area contributed by atoms with Gasteiger partial charge in [-0.1, -0.05) is 0 Å². The molecule has 0 heterocycles. The molecular weight excluding hydrogens is 338 g/mol. The van der Waals surface area contributed by atoms with Crippen LogP contribution in [-0.2, 0) is 14.3 Å². The van der Waals surface area contributed by atoms with Gasteiger partial charge in [0, 0.05) is 0 Å². The monoisotopic (exact) mass is 342 g/mol. The first-order chi connectivity index (χ1) is 9.04. The minimum Gasteiger partial charge on any atom is -0.480 e. The van der Waals surface area contributed by atoms with Gasteiger partial charge >= 0.3 is 30.3 Å². The molecule has 0 aromatic heterocycles. The number of carboxylic acid groups (broad SMARTS) is 1. The van der Waals surface area contributed by atoms with E-state index in [-0.39, 0.29) is 0 Å². The van der Waals surface area contributed by atoms with Gasteiger partial charge in [-0.2, -0.15) is 39.5 Å². The highest BCUT2D eigenvalue weighted by Crippen LogP contribution is 2.48. The van der Waals surface area contributed by atoms with Crippen LogP contribution >= 0.6 is 0 Å². The number of halogens is 10. The van der Waals surface area contributed by atoms with Crippen molar-refractivity contribution in [3.8, 4) is 0 Å². The SMILES string of the molecule is O=C(O)COC(F)(F)C(F)OC(F)(F)C(F)(F)C(F)(F)F. The molecule has 0 aromatic rings. The molecule has 0 rings (SSSR count). The molecule has 1 N–H and O–H groups in total. The van der Waals surface area contributed by atoms with Crippen LogP contribution in [0.25, 0.3) is 0 Å². The summed E-state index contributed by atoms with van der Waals surface area (Å²) in [6, 6.07) is 0. The van der Waals surface area contributed by atoms with Gasteiger partial charge in [-0.3, -0.25) is 4.74 Å². The van der Waals surface area contributed by atoms with E-state index in [0.717, 1.165) is 0 Å². The van der Waals surface area contributed by atoms with E-state index in [2.05, 4.69) is 9.47 Å². The van der Waals surface area contributed by atoms with Crippen molar-refractivity contribution in [2.45, 2.75) is 30.7 Å². The van der Waals surface area contributed by atoms with Crippen LogP contribution in [0.15, 0.2) is 0 Å². The maximum atomic E-state index is 12.6. The van der Waals surface area contributed by atoms with Gasteiger partial charge in [-0.15, -0.1) is 0 Å². The highest BCUT2D eigenvalue weighted by Gasteiger charge is 2.76. The van der Waals surface area contributed by atoms with E-state index < -0.39 is 43.2 Å². The minimum absolute atomic E-state index is 1.96. The molecular formula is C7H4F10O4. The van der Waals surface area contributed by atoms with E-state index in [1.54, 1.807) is 0 Å². The van der Waals surface area contributed by atoms with Crippen molar-refractivity contribution in [3.05, 3.63) is 0 Å². The number of aliphatic carboxylic acids is 1. The number of alkyl halides is 10. The normalized spacial score (nSPS) is 15.9. The number of ether oxygens (including phenoxy) is 2. The molecule has 0 aliphatic heterocycles. The fourth-order valence-corrected chi connectivity index (χ4v) is 0.661. The molecule has 1 atom stereocenters. The second kappa shape index (κ2) is 5.82. The lowest BCUT2D eigenvalue weighted by molar-refractivity contribution is -0.464. The van der Waals surface area contributed by atoms with Crippen LogP contribution < -0.4 is 0 Å². The zero-order chi connectivity index (χ0) is 17.3. The summed E-state index contributed by atoms with van der Waals surface area (Å²) in [5, 5.41) is 7.89. The van der Waals surface area contributed by atoms with Gasteiger partial charge in [-0.05, 0) is 0 Å². The summed E-state index contributed by atoms with van der Waals surface area (Å²) in [4.78, 5) is 9.81. The van der Waals surface area contributed by atoms with Crippen LogP contribution in [0.3, 0.4) is 0 Å². The number of hydrogen-bond acceptors (Lipinski definition) is 3. The first-order valence-corrected chi connectivity index (χ1v) is 4.42. The summed E-state index contributed by atoms with van der Waals surface area (Å²) in [5.41, 5.74) is 0. The van der Waals surface area contributed by atoms with Crippen molar-refractivity contribution in [2.24, 2.45) is 0 Å². The number of carbonyl (C=O) groups is 1. The summed E-state index contributed by atoms with van der Waals surface area (Å²) >= 11 is 0. The fraction of sp³-hybridized carbons (Fsp3) is 0.857. The third-order valence-corrected chi connectivity index (χ3v) is 1.63. The Morgan fingerprint density at radius 1 is 1.00 bits per heavy atom. The molecule has 21 heavy (non-hydrogen) atoms. The Morgan fingerprint density at radius 2 is 1.43 bits per heavy atom. The Balaban J connectivity index is 5.05. The quantitative estimate of drug-likeness (QED) is 0.723. The van der Waals surface area contributed by atoms with Crippen LogP contribution in [0, 0.1) is 0 Å². The number of hydrogen-bond donors (Lipinski definition) is 1. The first-order valence-electron chi connectivity index (χ1n) is 4.42. The molecule has 0 saturated carbocycles. The van der Waals surface area contributed by atoms with Crippen LogP contribution in [-0.4, -0.2) is 48.4 Å². The Bertz CT molecular complexity index is 378. The van der Waals surface area contributed by atoms with Gasteiger partial charge in [0.2, 0.25) is 0 Å². The van der Waals surface area contributed by atoms with Crippen molar-refractivity contribution in [1.29, 1.82) is 0 Å². The third kappa shape index (κ3) is 4.59. The van der Waals surface area contributed by atoms with E-state index in [4.69, 9.17) is 5.11 Å². The standard InChI is InChI=1S/C7H4F10O4/c8-3(4(9,10)20-1-2(18)19)21-7(16,17)5(11,12)6(13,14)15/h3H,1H2,(H,18,19). The smallest absolute Gasteiger partial charge is 0.462 e. The Labute approximate surface area is 108 Å². The lowest BCUT2D eigenvalue weighted by atomic mass is 10.3. The second-order valence-electron chi connectivity index (χ2n) is 3.27. The molecule has 126 valence electrons. The van der Waals surface area contributed by atoms with Crippen molar-refractivity contribution in [3.63, 3.8) is 0 Å². The summed E-state index contributed by atoms with van der Waals surface area (Å²) in [5.74, 6) is -9.11. The molecule has 0 fully saturated rings. The van der Waals surface area contributed by atoms with Crippen molar-refractivity contribution in [1.82, 2.24) is 0 Å². The largest absolute Gasteiger partial charge is 0.480 e. The summed E-state index contributed by atoms with van der Waals surface area (Å²) in [7, 11) is 0. The highest BCUT2D eigenvalue weighted by atomic mass is 19.4. The number of carboxylic acids is 1. The molecule has 1 unspecified atom stereocenters. The fourth-order valence-electron chi connectivity index (χ4n) is 0.661. The maximum absolute atomic E-state index is 12.6. The zero-order valence-electron chi connectivity index (χ0n) is 9.24. The van der Waals surface area contributed by atoms with Crippen LogP contribution in [0.2, 0.25) is 0 Å². The highest BCUT2D eigenvalue weighted by molar-refractivity contribution is 5.68. The van der Waals surface area contributed by atoms with Crippen LogP contribution in [0.4, 0.5) is 43.9 Å². The third-order valence-electron chi connectivity index (χ3n) is 1.63.